The van der Waals surface area contributed by atoms with Gasteiger partial charge in [0.05, 0.1) is 12.3 Å². The number of aromatic nitrogens is 1. The Morgan fingerprint density at radius 3 is 2.58 bits per heavy atom. The van der Waals surface area contributed by atoms with E-state index in [1.807, 2.05) is 0 Å². The third kappa shape index (κ3) is 3.10. The molecule has 1 atom stereocenters. The minimum absolute atomic E-state index is 0.158. The lowest BCUT2D eigenvalue weighted by Crippen LogP contribution is -2.31. The van der Waals surface area contributed by atoms with E-state index in [1.165, 1.54) is 33.4 Å². The van der Waals surface area contributed by atoms with Crippen LogP contribution in [0.1, 0.15) is 30.3 Å². The summed E-state index contributed by atoms with van der Waals surface area (Å²) >= 11 is 0. The summed E-state index contributed by atoms with van der Waals surface area (Å²) in [5, 5.41) is 15.3. The van der Waals surface area contributed by atoms with E-state index in [0.717, 1.165) is 13.0 Å². The molecule has 24 heavy (non-hydrogen) atoms. The van der Waals surface area contributed by atoms with Gasteiger partial charge in [0.1, 0.15) is 0 Å². The average Bonchev–Trinajstić information content (AvgIpc) is 2.89. The Labute approximate surface area is 143 Å². The lowest BCUT2D eigenvalue weighted by molar-refractivity contribution is 0.238. The number of aryl methyl sites for hydroxylation is 1. The summed E-state index contributed by atoms with van der Waals surface area (Å²) in [7, 11) is 0. The Morgan fingerprint density at radius 2 is 1.83 bits per heavy atom. The molecule has 3 aromatic rings. The van der Waals surface area contributed by atoms with Crippen molar-refractivity contribution in [3.63, 3.8) is 0 Å². The van der Waals surface area contributed by atoms with Gasteiger partial charge in [-0.1, -0.05) is 43.3 Å². The molecule has 0 aliphatic rings. The first-order valence-electron chi connectivity index (χ1n) is 8.66. The summed E-state index contributed by atoms with van der Waals surface area (Å²) in [6, 6.07) is 17.4. The van der Waals surface area contributed by atoms with Gasteiger partial charge >= 0.3 is 0 Å². The van der Waals surface area contributed by atoms with E-state index in [-0.39, 0.29) is 12.6 Å². The fourth-order valence-corrected chi connectivity index (χ4v) is 3.37. The molecule has 0 spiro atoms. The van der Waals surface area contributed by atoms with Gasteiger partial charge in [0, 0.05) is 29.4 Å². The van der Waals surface area contributed by atoms with Crippen LogP contribution in [0.2, 0.25) is 0 Å². The molecule has 0 amide bonds. The maximum Gasteiger partial charge on any atom is 0.0584 e. The summed E-state index contributed by atoms with van der Waals surface area (Å²) in [4.78, 5) is 0. The smallest absolute Gasteiger partial charge is 0.0584 e. The minimum atomic E-state index is 0.158. The monoisotopic (exact) mass is 322 g/mol. The number of rotatable bonds is 6. The zero-order chi connectivity index (χ0) is 17.1. The number of nitrogens with zero attached hydrogens (tertiary/aromatic N) is 1. The largest absolute Gasteiger partial charge is 0.395 e. The molecular weight excluding hydrogens is 296 g/mol. The Balaban J connectivity index is 2.00. The molecule has 0 bridgehead atoms. The van der Waals surface area contributed by atoms with Crippen molar-refractivity contribution in [2.24, 2.45) is 0 Å². The third-order valence-electron chi connectivity index (χ3n) is 4.84. The number of aliphatic hydroxyl groups is 1. The van der Waals surface area contributed by atoms with Crippen LogP contribution in [-0.2, 0) is 6.54 Å². The van der Waals surface area contributed by atoms with Gasteiger partial charge in [-0.15, -0.1) is 0 Å². The predicted molar refractivity (Wildman–Crippen MR) is 101 cm³/mol. The second-order valence-corrected chi connectivity index (χ2v) is 6.40. The highest BCUT2D eigenvalue weighted by molar-refractivity contribution is 5.90. The Hall–Kier alpha value is -2.10. The Kier molecular flexibility index (Phi) is 5.03. The van der Waals surface area contributed by atoms with E-state index in [0.29, 0.717) is 0 Å². The second kappa shape index (κ2) is 7.20. The summed E-state index contributed by atoms with van der Waals surface area (Å²) < 4.78 is 2.33. The third-order valence-corrected chi connectivity index (χ3v) is 4.84. The second-order valence-electron chi connectivity index (χ2n) is 6.40. The van der Waals surface area contributed by atoms with Crippen LogP contribution >= 0.6 is 0 Å². The topological polar surface area (TPSA) is 37.2 Å². The SMILES string of the molecule is CC[C@@H](CO)NCc1cc(C)n(-c2cccc3ccccc23)c1C. The molecule has 1 heterocycles. The van der Waals surface area contributed by atoms with Crippen molar-refractivity contribution in [2.45, 2.75) is 39.8 Å². The van der Waals surface area contributed by atoms with E-state index in [9.17, 15) is 5.11 Å². The molecule has 126 valence electrons. The van der Waals surface area contributed by atoms with Crippen molar-refractivity contribution in [1.29, 1.82) is 0 Å². The van der Waals surface area contributed by atoms with E-state index >= 15 is 0 Å². The molecule has 3 rings (SSSR count). The Morgan fingerprint density at radius 1 is 1.08 bits per heavy atom. The maximum absolute atomic E-state index is 9.36. The van der Waals surface area contributed by atoms with Crippen LogP contribution in [-0.4, -0.2) is 22.3 Å². The molecule has 0 saturated heterocycles. The van der Waals surface area contributed by atoms with Crippen LogP contribution in [0.4, 0.5) is 0 Å². The molecule has 3 nitrogen and oxygen atoms in total. The van der Waals surface area contributed by atoms with E-state index in [2.05, 4.69) is 79.2 Å². The summed E-state index contributed by atoms with van der Waals surface area (Å²) in [5.41, 5.74) is 5.00. The van der Waals surface area contributed by atoms with Crippen LogP contribution in [0.25, 0.3) is 16.5 Å². The van der Waals surface area contributed by atoms with E-state index in [1.54, 1.807) is 0 Å². The van der Waals surface area contributed by atoms with Gasteiger partial charge in [0.15, 0.2) is 0 Å². The highest BCUT2D eigenvalue weighted by Gasteiger charge is 2.13. The quantitative estimate of drug-likeness (QED) is 0.717. The highest BCUT2D eigenvalue weighted by atomic mass is 16.3. The van der Waals surface area contributed by atoms with Crippen molar-refractivity contribution < 1.29 is 5.11 Å². The average molecular weight is 322 g/mol. The van der Waals surface area contributed by atoms with Crippen LogP contribution in [0.3, 0.4) is 0 Å². The summed E-state index contributed by atoms with van der Waals surface area (Å²) in [6.45, 7) is 7.38. The number of hydrogen-bond acceptors (Lipinski definition) is 2. The van der Waals surface area contributed by atoms with Crippen LogP contribution in [0.15, 0.2) is 48.5 Å². The number of aliphatic hydroxyl groups excluding tert-OH is 1. The van der Waals surface area contributed by atoms with Crippen molar-refractivity contribution in [2.75, 3.05) is 6.61 Å². The lowest BCUT2D eigenvalue weighted by atomic mass is 10.1. The van der Waals surface area contributed by atoms with E-state index < -0.39 is 0 Å². The van der Waals surface area contributed by atoms with Crippen molar-refractivity contribution in [3.8, 4) is 5.69 Å². The van der Waals surface area contributed by atoms with Gasteiger partial charge in [-0.05, 0) is 43.4 Å². The zero-order valence-corrected chi connectivity index (χ0v) is 14.7. The molecule has 2 N–H and O–H groups in total. The van der Waals surface area contributed by atoms with E-state index in [4.69, 9.17) is 0 Å². The van der Waals surface area contributed by atoms with Crippen molar-refractivity contribution >= 4 is 10.8 Å². The van der Waals surface area contributed by atoms with Crippen LogP contribution < -0.4 is 5.32 Å². The maximum atomic E-state index is 9.36. The lowest BCUT2D eigenvalue weighted by Gasteiger charge is -2.15. The van der Waals surface area contributed by atoms with Gasteiger partial charge in [-0.3, -0.25) is 0 Å². The first kappa shape index (κ1) is 16.7. The first-order valence-corrected chi connectivity index (χ1v) is 8.66. The van der Waals surface area contributed by atoms with Crippen molar-refractivity contribution in [3.05, 3.63) is 65.5 Å². The first-order chi connectivity index (χ1) is 11.7. The molecule has 0 saturated carbocycles. The van der Waals surface area contributed by atoms with Crippen molar-refractivity contribution in [1.82, 2.24) is 9.88 Å². The highest BCUT2D eigenvalue weighted by Crippen LogP contribution is 2.27. The van der Waals surface area contributed by atoms with Gasteiger partial charge in [0.25, 0.3) is 0 Å². The van der Waals surface area contributed by atoms with Gasteiger partial charge in [-0.2, -0.15) is 0 Å². The standard InChI is InChI=1S/C21H26N2O/c1-4-19(14-24)22-13-18-12-15(2)23(16(18)3)21-11-7-9-17-8-5-6-10-20(17)21/h5-12,19,22,24H,4,13-14H2,1-3H3/t19-/m0/s1. The molecular formula is C21H26N2O. The fraction of sp³-hybridized carbons (Fsp3) is 0.333. The fourth-order valence-electron chi connectivity index (χ4n) is 3.37. The zero-order valence-electron chi connectivity index (χ0n) is 14.7. The Bertz CT molecular complexity index is 826. The summed E-state index contributed by atoms with van der Waals surface area (Å²) in [5.74, 6) is 0. The molecule has 0 aliphatic heterocycles. The van der Waals surface area contributed by atoms with Crippen LogP contribution in [0.5, 0.6) is 0 Å². The van der Waals surface area contributed by atoms with Gasteiger partial charge in [0.2, 0.25) is 0 Å². The molecule has 0 radical (unpaired) electrons. The normalized spacial score (nSPS) is 12.7. The predicted octanol–water partition coefficient (Wildman–Crippen LogP) is 4.11. The van der Waals surface area contributed by atoms with Gasteiger partial charge in [-0.25, -0.2) is 0 Å². The summed E-state index contributed by atoms with van der Waals surface area (Å²) in [6.07, 6.45) is 0.929. The molecule has 0 aliphatic carbocycles. The number of hydrogen-bond donors (Lipinski definition) is 2. The number of nitrogens with one attached hydrogen (secondary N) is 1. The molecule has 0 unspecified atom stereocenters. The molecule has 0 fully saturated rings. The van der Waals surface area contributed by atoms with Gasteiger partial charge < -0.3 is 15.0 Å². The van der Waals surface area contributed by atoms with Crippen LogP contribution in [0, 0.1) is 13.8 Å². The molecule has 2 aromatic carbocycles. The number of fused-ring (bicyclic) bond motifs is 1. The molecule has 1 aromatic heterocycles. The molecule has 3 heteroatoms. The number of benzene rings is 2. The minimum Gasteiger partial charge on any atom is -0.395 e.